The van der Waals surface area contributed by atoms with Gasteiger partial charge in [-0.2, -0.15) is 0 Å². The van der Waals surface area contributed by atoms with Crippen LogP contribution in [0.4, 0.5) is 0 Å². The first-order chi connectivity index (χ1) is 12.2. The number of carbonyl (C=O) groups excluding carboxylic acids is 2. The second-order valence-electron chi connectivity index (χ2n) is 5.99. The predicted molar refractivity (Wildman–Crippen MR) is 93.1 cm³/mol. The zero-order valence-electron chi connectivity index (χ0n) is 14.2. The number of benzene rings is 2. The van der Waals surface area contributed by atoms with Gasteiger partial charge in [-0.1, -0.05) is 48.5 Å². The molecule has 1 amide bonds. The molecule has 0 saturated heterocycles. The van der Waals surface area contributed by atoms with Gasteiger partial charge in [0.05, 0.1) is 12.2 Å². The summed E-state index contributed by atoms with van der Waals surface area (Å²) >= 11 is 0. The third-order valence-corrected chi connectivity index (χ3v) is 4.26. The molecule has 2 aromatic carbocycles. The van der Waals surface area contributed by atoms with Crippen molar-refractivity contribution in [3.8, 4) is 0 Å². The van der Waals surface area contributed by atoms with E-state index in [4.69, 9.17) is 9.47 Å². The average Bonchev–Trinajstić information content (AvgIpc) is 2.65. The molecular weight excluding hydrogens is 318 g/mol. The molecule has 0 fully saturated rings. The molecular formula is C20H21NO4. The number of hydrogen-bond acceptors (Lipinski definition) is 4. The molecule has 0 radical (unpaired) electrons. The summed E-state index contributed by atoms with van der Waals surface area (Å²) < 4.78 is 10.5. The Hall–Kier alpha value is -2.66. The number of hydrogen-bond donors (Lipinski definition) is 0. The fourth-order valence-corrected chi connectivity index (χ4v) is 2.95. The van der Waals surface area contributed by atoms with Crippen LogP contribution in [-0.2, 0) is 27.2 Å². The van der Waals surface area contributed by atoms with Gasteiger partial charge >= 0.3 is 5.97 Å². The van der Waals surface area contributed by atoms with Gasteiger partial charge in [0.25, 0.3) is 5.91 Å². The van der Waals surface area contributed by atoms with Crippen molar-refractivity contribution in [1.82, 2.24) is 4.90 Å². The third kappa shape index (κ3) is 4.06. The molecule has 1 heterocycles. The van der Waals surface area contributed by atoms with Crippen LogP contribution in [0.1, 0.15) is 21.5 Å². The van der Waals surface area contributed by atoms with Crippen LogP contribution in [0.15, 0.2) is 54.6 Å². The van der Waals surface area contributed by atoms with Gasteiger partial charge in [0.2, 0.25) is 0 Å². The third-order valence-electron chi connectivity index (χ3n) is 4.26. The lowest BCUT2D eigenvalue weighted by molar-refractivity contribution is -0.142. The Labute approximate surface area is 147 Å². The first-order valence-electron chi connectivity index (χ1n) is 8.29. The van der Waals surface area contributed by atoms with Gasteiger partial charge in [0, 0.05) is 26.6 Å². The van der Waals surface area contributed by atoms with Crippen molar-refractivity contribution in [3.05, 3.63) is 71.3 Å². The second-order valence-corrected chi connectivity index (χ2v) is 5.99. The highest BCUT2D eigenvalue weighted by atomic mass is 16.5. The minimum Gasteiger partial charge on any atom is -0.448 e. The topological polar surface area (TPSA) is 55.8 Å². The number of nitrogens with zero attached hydrogens (tertiary/aromatic N) is 1. The average molecular weight is 339 g/mol. The van der Waals surface area contributed by atoms with Gasteiger partial charge in [-0.25, -0.2) is 4.79 Å². The molecule has 2 aromatic rings. The monoisotopic (exact) mass is 339 g/mol. The van der Waals surface area contributed by atoms with Gasteiger partial charge in [-0.05, 0) is 17.2 Å². The lowest BCUT2D eigenvalue weighted by atomic mass is 9.98. The number of methoxy groups -OCH3 is 1. The molecule has 0 spiro atoms. The summed E-state index contributed by atoms with van der Waals surface area (Å²) in [5, 5.41) is 0. The maximum Gasteiger partial charge on any atom is 0.339 e. The Kier molecular flexibility index (Phi) is 5.46. The molecule has 0 unspecified atom stereocenters. The van der Waals surface area contributed by atoms with Crippen molar-refractivity contribution < 1.29 is 19.1 Å². The molecule has 5 heteroatoms. The lowest BCUT2D eigenvalue weighted by Crippen LogP contribution is -2.45. The summed E-state index contributed by atoms with van der Waals surface area (Å²) in [4.78, 5) is 26.8. The highest BCUT2D eigenvalue weighted by Crippen LogP contribution is 2.22. The van der Waals surface area contributed by atoms with Crippen molar-refractivity contribution in [3.63, 3.8) is 0 Å². The minimum atomic E-state index is -0.789. The Balaban J connectivity index is 1.77. The smallest absolute Gasteiger partial charge is 0.339 e. The normalized spacial score (nSPS) is 16.0. The molecule has 130 valence electrons. The molecule has 0 saturated carbocycles. The summed E-state index contributed by atoms with van der Waals surface area (Å²) in [7, 11) is 1.60. The van der Waals surface area contributed by atoms with E-state index in [1.807, 2.05) is 42.5 Å². The van der Waals surface area contributed by atoms with Crippen molar-refractivity contribution in [2.24, 2.45) is 0 Å². The molecule has 0 bridgehead atoms. The maximum absolute atomic E-state index is 13.0. The molecule has 0 aliphatic carbocycles. The molecule has 1 atom stereocenters. The Bertz CT molecular complexity index is 744. The van der Waals surface area contributed by atoms with Crippen LogP contribution in [0.3, 0.4) is 0 Å². The van der Waals surface area contributed by atoms with Crippen molar-refractivity contribution in [1.29, 1.82) is 0 Å². The van der Waals surface area contributed by atoms with Crippen LogP contribution in [0.25, 0.3) is 0 Å². The zero-order chi connectivity index (χ0) is 17.6. The van der Waals surface area contributed by atoms with E-state index in [9.17, 15) is 9.59 Å². The predicted octanol–water partition coefficient (Wildman–Crippen LogP) is 2.44. The molecule has 0 N–H and O–H groups in total. The molecule has 0 aromatic heterocycles. The molecule has 25 heavy (non-hydrogen) atoms. The van der Waals surface area contributed by atoms with Crippen LogP contribution < -0.4 is 0 Å². The highest BCUT2D eigenvalue weighted by molar-refractivity contribution is 5.95. The standard InChI is InChI=1S/C20H21NO4/c1-24-12-11-21(14-15-7-3-2-4-8-15)19(22)18-13-16-9-5-6-10-17(16)20(23)25-18/h2-10,18H,11-14H2,1H3/t18-/m0/s1. The van der Waals surface area contributed by atoms with Crippen LogP contribution in [0.5, 0.6) is 0 Å². The Morgan fingerprint density at radius 3 is 2.64 bits per heavy atom. The van der Waals surface area contributed by atoms with Gasteiger partial charge in [0.15, 0.2) is 6.10 Å². The van der Waals surface area contributed by atoms with Crippen molar-refractivity contribution >= 4 is 11.9 Å². The van der Waals surface area contributed by atoms with E-state index in [1.165, 1.54) is 0 Å². The SMILES string of the molecule is COCCN(Cc1ccccc1)C(=O)[C@@H]1Cc2ccccc2C(=O)O1. The summed E-state index contributed by atoms with van der Waals surface area (Å²) in [6.07, 6.45) is -0.387. The number of cyclic esters (lactones) is 1. The van der Waals surface area contributed by atoms with Gasteiger partial charge in [-0.3, -0.25) is 4.79 Å². The Morgan fingerprint density at radius 1 is 1.16 bits per heavy atom. The van der Waals surface area contributed by atoms with Crippen LogP contribution in [0.2, 0.25) is 0 Å². The number of fused-ring (bicyclic) bond motifs is 1. The second kappa shape index (κ2) is 7.94. The number of carbonyl (C=O) groups is 2. The van der Waals surface area contributed by atoms with E-state index in [0.29, 0.717) is 31.7 Å². The van der Waals surface area contributed by atoms with E-state index in [0.717, 1.165) is 11.1 Å². The molecule has 3 rings (SSSR count). The summed E-state index contributed by atoms with van der Waals surface area (Å²) in [5.41, 5.74) is 2.41. The molecule has 1 aliphatic heterocycles. The van der Waals surface area contributed by atoms with E-state index in [1.54, 1.807) is 24.1 Å². The molecule has 5 nitrogen and oxygen atoms in total. The van der Waals surface area contributed by atoms with E-state index >= 15 is 0 Å². The minimum absolute atomic E-state index is 0.191. The van der Waals surface area contributed by atoms with Crippen LogP contribution in [0, 0.1) is 0 Å². The number of rotatable bonds is 6. The summed E-state index contributed by atoms with van der Waals surface area (Å²) in [5.74, 6) is -0.629. The van der Waals surface area contributed by atoms with E-state index < -0.39 is 12.1 Å². The fourth-order valence-electron chi connectivity index (χ4n) is 2.95. The van der Waals surface area contributed by atoms with Crippen molar-refractivity contribution in [2.45, 2.75) is 19.1 Å². The number of amides is 1. The zero-order valence-corrected chi connectivity index (χ0v) is 14.2. The van der Waals surface area contributed by atoms with Gasteiger partial charge in [-0.15, -0.1) is 0 Å². The summed E-state index contributed by atoms with van der Waals surface area (Å²) in [6, 6.07) is 17.0. The first-order valence-corrected chi connectivity index (χ1v) is 8.29. The number of esters is 1. The van der Waals surface area contributed by atoms with Gasteiger partial charge < -0.3 is 14.4 Å². The van der Waals surface area contributed by atoms with Crippen molar-refractivity contribution in [2.75, 3.05) is 20.3 Å². The molecule has 1 aliphatic rings. The van der Waals surface area contributed by atoms with E-state index in [2.05, 4.69) is 0 Å². The Morgan fingerprint density at radius 2 is 1.88 bits per heavy atom. The fraction of sp³-hybridized carbons (Fsp3) is 0.300. The largest absolute Gasteiger partial charge is 0.448 e. The van der Waals surface area contributed by atoms with Gasteiger partial charge in [0.1, 0.15) is 0 Å². The van der Waals surface area contributed by atoms with E-state index in [-0.39, 0.29) is 5.91 Å². The van der Waals surface area contributed by atoms with Crippen LogP contribution >= 0.6 is 0 Å². The maximum atomic E-state index is 13.0. The number of ether oxygens (including phenoxy) is 2. The lowest BCUT2D eigenvalue weighted by Gasteiger charge is -2.30. The quantitative estimate of drug-likeness (QED) is 0.759. The highest BCUT2D eigenvalue weighted by Gasteiger charge is 2.33. The van der Waals surface area contributed by atoms with Crippen LogP contribution in [-0.4, -0.2) is 43.1 Å². The first kappa shape index (κ1) is 17.2. The summed E-state index contributed by atoms with van der Waals surface area (Å²) in [6.45, 7) is 1.33.